The fourth-order valence-electron chi connectivity index (χ4n) is 4.79. The first kappa shape index (κ1) is 22.5. The zero-order chi connectivity index (χ0) is 23.4. The number of aromatic amines is 1. The monoisotopic (exact) mass is 448 g/mol. The van der Waals surface area contributed by atoms with E-state index in [1.54, 1.807) is 0 Å². The SMILES string of the molecule is CN1[C@@H]2CC[C@H]1C[C@@H](Nc1ccc(-c3ccc4[nH]ncc4c3)cc1)C2.O=C(O)/C=C/C(=O)O. The molecule has 3 atom stereocenters. The Kier molecular flexibility index (Phi) is 6.74. The lowest BCUT2D eigenvalue weighted by Crippen LogP contribution is -2.44. The van der Waals surface area contributed by atoms with E-state index in [1.807, 2.05) is 6.20 Å². The predicted octanol–water partition coefficient (Wildman–Crippen LogP) is 3.98. The predicted molar refractivity (Wildman–Crippen MR) is 127 cm³/mol. The maximum atomic E-state index is 9.55. The van der Waals surface area contributed by atoms with Crippen LogP contribution in [-0.4, -0.2) is 62.4 Å². The van der Waals surface area contributed by atoms with Crippen molar-refractivity contribution in [3.63, 3.8) is 0 Å². The molecule has 2 bridgehead atoms. The Morgan fingerprint density at radius 1 is 1.00 bits per heavy atom. The molecular weight excluding hydrogens is 420 g/mol. The van der Waals surface area contributed by atoms with Gasteiger partial charge in [-0.2, -0.15) is 5.10 Å². The first-order chi connectivity index (χ1) is 15.9. The van der Waals surface area contributed by atoms with E-state index in [9.17, 15) is 9.59 Å². The van der Waals surface area contributed by atoms with Gasteiger partial charge >= 0.3 is 11.9 Å². The molecule has 0 aliphatic carbocycles. The summed E-state index contributed by atoms with van der Waals surface area (Å²) in [7, 11) is 2.30. The Labute approximate surface area is 191 Å². The van der Waals surface area contributed by atoms with Crippen LogP contribution in [0.2, 0.25) is 0 Å². The molecule has 8 heteroatoms. The largest absolute Gasteiger partial charge is 0.478 e. The van der Waals surface area contributed by atoms with E-state index >= 15 is 0 Å². The van der Waals surface area contributed by atoms with Crippen LogP contribution in [-0.2, 0) is 9.59 Å². The van der Waals surface area contributed by atoms with Crippen LogP contribution < -0.4 is 5.32 Å². The molecule has 0 radical (unpaired) electrons. The molecule has 4 N–H and O–H groups in total. The summed E-state index contributed by atoms with van der Waals surface area (Å²) in [5.41, 5.74) is 4.80. The van der Waals surface area contributed by atoms with Crippen LogP contribution in [0.5, 0.6) is 0 Å². The molecule has 3 aromatic rings. The van der Waals surface area contributed by atoms with Crippen molar-refractivity contribution in [1.29, 1.82) is 0 Å². The number of benzene rings is 2. The molecular formula is C25H28N4O4. The van der Waals surface area contributed by atoms with Crippen molar-refractivity contribution in [2.24, 2.45) is 0 Å². The minimum absolute atomic E-state index is 0.558. The fourth-order valence-corrected chi connectivity index (χ4v) is 4.79. The average Bonchev–Trinajstić information content (AvgIpc) is 3.33. The molecule has 3 heterocycles. The molecule has 8 nitrogen and oxygen atoms in total. The quantitative estimate of drug-likeness (QED) is 0.436. The Hall–Kier alpha value is -3.65. The normalized spacial score (nSPS) is 22.2. The minimum Gasteiger partial charge on any atom is -0.478 e. The standard InChI is InChI=1S/C21H24N4.C4H4O4/c1-25-19-7-8-20(25)12-18(11-19)23-17-5-2-14(3-6-17)15-4-9-21-16(10-15)13-22-24-21;5-3(6)1-2-4(7)8/h2-6,9-10,13,18-20,23H,7-8,11-12H2,1H3,(H,22,24);1-2H,(H,5,6)(H,7,8)/b;2-1+/t18-,19+,20-;. The van der Waals surface area contributed by atoms with Crippen molar-refractivity contribution in [1.82, 2.24) is 15.1 Å². The number of carboxylic acid groups (broad SMARTS) is 2. The molecule has 1 aromatic heterocycles. The van der Waals surface area contributed by atoms with Gasteiger partial charge < -0.3 is 20.4 Å². The number of nitrogens with zero attached hydrogens (tertiary/aromatic N) is 2. The van der Waals surface area contributed by atoms with Gasteiger partial charge in [0.1, 0.15) is 0 Å². The van der Waals surface area contributed by atoms with E-state index in [4.69, 9.17) is 10.2 Å². The third kappa shape index (κ3) is 5.59. The topological polar surface area (TPSA) is 119 Å². The number of anilines is 1. The van der Waals surface area contributed by atoms with Gasteiger partial charge in [-0.3, -0.25) is 5.10 Å². The van der Waals surface area contributed by atoms with E-state index < -0.39 is 11.9 Å². The number of piperidine rings is 1. The third-order valence-electron chi connectivity index (χ3n) is 6.50. The van der Waals surface area contributed by atoms with Gasteiger partial charge in [0.2, 0.25) is 0 Å². The van der Waals surface area contributed by atoms with Crippen LogP contribution in [0, 0.1) is 0 Å². The number of H-pyrrole nitrogens is 1. The molecule has 0 spiro atoms. The summed E-state index contributed by atoms with van der Waals surface area (Å²) in [5, 5.41) is 27.6. The lowest BCUT2D eigenvalue weighted by Gasteiger charge is -2.37. The number of carboxylic acids is 2. The van der Waals surface area contributed by atoms with E-state index in [0.717, 1.165) is 23.0 Å². The number of aromatic nitrogens is 2. The second-order valence-corrected chi connectivity index (χ2v) is 8.62. The lowest BCUT2D eigenvalue weighted by molar-refractivity contribution is -0.134. The molecule has 33 heavy (non-hydrogen) atoms. The van der Waals surface area contributed by atoms with E-state index in [2.05, 4.69) is 69.9 Å². The summed E-state index contributed by atoms with van der Waals surface area (Å²) in [6.45, 7) is 0. The highest BCUT2D eigenvalue weighted by Gasteiger charge is 2.38. The molecule has 0 amide bonds. The first-order valence-electron chi connectivity index (χ1n) is 11.0. The first-order valence-corrected chi connectivity index (χ1v) is 11.0. The Bertz CT molecular complexity index is 1120. The van der Waals surface area contributed by atoms with Crippen molar-refractivity contribution >= 4 is 28.5 Å². The molecule has 172 valence electrons. The van der Waals surface area contributed by atoms with Gasteiger partial charge in [0.25, 0.3) is 0 Å². The zero-order valence-corrected chi connectivity index (χ0v) is 18.4. The highest BCUT2D eigenvalue weighted by molar-refractivity contribution is 5.89. The van der Waals surface area contributed by atoms with Crippen molar-refractivity contribution in [3.05, 3.63) is 60.8 Å². The van der Waals surface area contributed by atoms with Gasteiger partial charge in [0, 0.05) is 41.4 Å². The van der Waals surface area contributed by atoms with Crippen LogP contribution in [0.3, 0.4) is 0 Å². The van der Waals surface area contributed by atoms with Crippen molar-refractivity contribution < 1.29 is 19.8 Å². The minimum atomic E-state index is -1.26. The molecule has 2 aliphatic rings. The number of carbonyl (C=O) groups is 2. The Balaban J connectivity index is 0.000000281. The molecule has 2 fully saturated rings. The van der Waals surface area contributed by atoms with Crippen LogP contribution in [0.25, 0.3) is 22.0 Å². The number of hydrogen-bond acceptors (Lipinski definition) is 5. The number of fused-ring (bicyclic) bond motifs is 3. The van der Waals surface area contributed by atoms with Crippen molar-refractivity contribution in [2.45, 2.75) is 43.8 Å². The molecule has 2 aliphatic heterocycles. The summed E-state index contributed by atoms with van der Waals surface area (Å²) < 4.78 is 0. The fraction of sp³-hybridized carbons (Fsp3) is 0.320. The highest BCUT2D eigenvalue weighted by Crippen LogP contribution is 2.35. The maximum absolute atomic E-state index is 9.55. The summed E-state index contributed by atoms with van der Waals surface area (Å²) >= 11 is 0. The number of aliphatic carboxylic acids is 2. The van der Waals surface area contributed by atoms with E-state index in [-0.39, 0.29) is 0 Å². The second-order valence-electron chi connectivity index (χ2n) is 8.62. The average molecular weight is 449 g/mol. The van der Waals surface area contributed by atoms with Gasteiger partial charge in [0.05, 0.1) is 11.7 Å². The summed E-state index contributed by atoms with van der Waals surface area (Å²) in [4.78, 5) is 21.7. The zero-order valence-electron chi connectivity index (χ0n) is 18.4. The summed E-state index contributed by atoms with van der Waals surface area (Å²) in [5.74, 6) is -2.51. The molecule has 0 unspecified atom stereocenters. The van der Waals surface area contributed by atoms with Crippen molar-refractivity contribution in [3.8, 4) is 11.1 Å². The van der Waals surface area contributed by atoms with Gasteiger partial charge in [-0.25, -0.2) is 9.59 Å². The maximum Gasteiger partial charge on any atom is 0.328 e. The lowest BCUT2D eigenvalue weighted by atomic mass is 9.97. The molecule has 2 aromatic carbocycles. The molecule has 0 saturated carbocycles. The molecule has 5 rings (SSSR count). The smallest absolute Gasteiger partial charge is 0.328 e. The van der Waals surface area contributed by atoms with Crippen LogP contribution >= 0.6 is 0 Å². The van der Waals surface area contributed by atoms with Crippen LogP contribution in [0.4, 0.5) is 5.69 Å². The van der Waals surface area contributed by atoms with Crippen LogP contribution in [0.1, 0.15) is 25.7 Å². The highest BCUT2D eigenvalue weighted by atomic mass is 16.4. The Morgan fingerprint density at radius 3 is 2.21 bits per heavy atom. The van der Waals surface area contributed by atoms with Crippen molar-refractivity contribution in [2.75, 3.05) is 12.4 Å². The number of nitrogens with one attached hydrogen (secondary N) is 2. The summed E-state index contributed by atoms with van der Waals surface area (Å²) in [6.07, 6.45) is 8.27. The second kappa shape index (κ2) is 9.87. The van der Waals surface area contributed by atoms with Gasteiger partial charge in [-0.05, 0) is 68.1 Å². The Morgan fingerprint density at radius 2 is 1.61 bits per heavy atom. The summed E-state index contributed by atoms with van der Waals surface area (Å²) in [6, 6.07) is 17.5. The van der Waals surface area contributed by atoms with Gasteiger partial charge in [-0.1, -0.05) is 18.2 Å². The molecule has 2 saturated heterocycles. The van der Waals surface area contributed by atoms with Gasteiger partial charge in [0.15, 0.2) is 0 Å². The van der Waals surface area contributed by atoms with Gasteiger partial charge in [-0.15, -0.1) is 0 Å². The van der Waals surface area contributed by atoms with Crippen LogP contribution in [0.15, 0.2) is 60.8 Å². The van der Waals surface area contributed by atoms with E-state index in [1.165, 1.54) is 42.5 Å². The number of rotatable bonds is 5. The number of hydrogen-bond donors (Lipinski definition) is 4. The van der Waals surface area contributed by atoms with E-state index in [0.29, 0.717) is 18.2 Å². The third-order valence-corrected chi connectivity index (χ3v) is 6.50.